The third kappa shape index (κ3) is 5.99. The van der Waals surface area contributed by atoms with Crippen LogP contribution in [-0.2, 0) is 4.74 Å². The molecule has 6 heteroatoms. The number of halogens is 1. The summed E-state index contributed by atoms with van der Waals surface area (Å²) in [6.07, 6.45) is -1.22. The number of amides is 1. The van der Waals surface area contributed by atoms with Gasteiger partial charge in [-0.3, -0.25) is 5.32 Å². The van der Waals surface area contributed by atoms with E-state index in [2.05, 4.69) is 5.32 Å². The van der Waals surface area contributed by atoms with Crippen molar-refractivity contribution >= 4 is 6.09 Å². The van der Waals surface area contributed by atoms with Crippen molar-refractivity contribution in [2.24, 2.45) is 5.73 Å². The van der Waals surface area contributed by atoms with Gasteiger partial charge in [0.2, 0.25) is 0 Å². The summed E-state index contributed by atoms with van der Waals surface area (Å²) in [5.74, 6) is 0.0392. The molecular weight excluding hydrogens is 275 g/mol. The number of carbonyl (C=O) groups excluding carboxylic acids is 1. The van der Waals surface area contributed by atoms with Crippen molar-refractivity contribution in [2.45, 2.75) is 52.5 Å². The molecule has 0 aliphatic heterocycles. The van der Waals surface area contributed by atoms with Gasteiger partial charge in [-0.05, 0) is 52.8 Å². The van der Waals surface area contributed by atoms with Crippen LogP contribution in [0.4, 0.5) is 9.18 Å². The molecule has 1 rings (SSSR count). The summed E-state index contributed by atoms with van der Waals surface area (Å²) >= 11 is 0. The van der Waals surface area contributed by atoms with E-state index < -0.39 is 17.9 Å². The molecule has 1 aromatic carbocycles. The van der Waals surface area contributed by atoms with Crippen LogP contribution >= 0.6 is 0 Å². The van der Waals surface area contributed by atoms with E-state index in [1.807, 2.05) is 0 Å². The Kier molecular flexibility index (Phi) is 5.54. The minimum atomic E-state index is -0.636. The van der Waals surface area contributed by atoms with Gasteiger partial charge in [-0.2, -0.15) is 0 Å². The minimum absolute atomic E-state index is 0.385. The van der Waals surface area contributed by atoms with E-state index >= 15 is 0 Å². The Labute approximate surface area is 124 Å². The van der Waals surface area contributed by atoms with Gasteiger partial charge in [0.1, 0.15) is 17.2 Å². The van der Waals surface area contributed by atoms with E-state index in [1.54, 1.807) is 34.6 Å². The van der Waals surface area contributed by atoms with Crippen LogP contribution in [0.5, 0.6) is 5.75 Å². The second kappa shape index (κ2) is 6.76. The molecule has 0 spiro atoms. The SMILES string of the molecule is C[C@@H](NC(=O)OC(C)(C)C)Oc1ccc(F)cc1[C@@H](C)N. The van der Waals surface area contributed by atoms with Gasteiger partial charge in [-0.1, -0.05) is 0 Å². The number of ether oxygens (including phenoxy) is 2. The van der Waals surface area contributed by atoms with Crippen molar-refractivity contribution < 1.29 is 18.7 Å². The lowest BCUT2D eigenvalue weighted by Gasteiger charge is -2.23. The quantitative estimate of drug-likeness (QED) is 0.838. The molecule has 0 fully saturated rings. The van der Waals surface area contributed by atoms with Crippen molar-refractivity contribution in [1.29, 1.82) is 0 Å². The first-order valence-electron chi connectivity index (χ1n) is 6.79. The molecule has 0 saturated carbocycles. The first-order chi connectivity index (χ1) is 9.58. The fourth-order valence-electron chi connectivity index (χ4n) is 1.68. The first-order valence-corrected chi connectivity index (χ1v) is 6.79. The fraction of sp³-hybridized carbons (Fsp3) is 0.533. The number of carbonyl (C=O) groups is 1. The van der Waals surface area contributed by atoms with Gasteiger partial charge >= 0.3 is 6.09 Å². The summed E-state index contributed by atoms with van der Waals surface area (Å²) in [6, 6.07) is 3.70. The van der Waals surface area contributed by atoms with Crippen LogP contribution in [0.1, 0.15) is 46.2 Å². The number of alkyl carbamates (subject to hydrolysis) is 1. The van der Waals surface area contributed by atoms with Crippen molar-refractivity contribution in [2.75, 3.05) is 0 Å². The number of hydrogen-bond donors (Lipinski definition) is 2. The highest BCUT2D eigenvalue weighted by Gasteiger charge is 2.19. The van der Waals surface area contributed by atoms with E-state index in [4.69, 9.17) is 15.2 Å². The highest BCUT2D eigenvalue weighted by Crippen LogP contribution is 2.25. The summed E-state index contributed by atoms with van der Waals surface area (Å²) in [5, 5.41) is 2.55. The molecule has 3 N–H and O–H groups in total. The summed E-state index contributed by atoms with van der Waals surface area (Å²) < 4.78 is 24.0. The van der Waals surface area contributed by atoms with Crippen molar-refractivity contribution in [1.82, 2.24) is 5.32 Å². The minimum Gasteiger partial charge on any atom is -0.471 e. The molecule has 118 valence electrons. The maximum absolute atomic E-state index is 13.2. The smallest absolute Gasteiger partial charge is 0.410 e. The number of hydrogen-bond acceptors (Lipinski definition) is 4. The second-order valence-electron chi connectivity index (χ2n) is 5.88. The summed E-state index contributed by atoms with van der Waals surface area (Å²) in [4.78, 5) is 11.6. The molecule has 0 unspecified atom stereocenters. The monoisotopic (exact) mass is 298 g/mol. The second-order valence-corrected chi connectivity index (χ2v) is 5.88. The van der Waals surface area contributed by atoms with Crippen molar-refractivity contribution in [3.63, 3.8) is 0 Å². The Morgan fingerprint density at radius 3 is 2.48 bits per heavy atom. The lowest BCUT2D eigenvalue weighted by atomic mass is 10.1. The lowest BCUT2D eigenvalue weighted by molar-refractivity contribution is 0.0413. The van der Waals surface area contributed by atoms with E-state index in [-0.39, 0.29) is 11.9 Å². The van der Waals surface area contributed by atoms with E-state index in [0.717, 1.165) is 0 Å². The molecular formula is C15H23FN2O3. The zero-order chi connectivity index (χ0) is 16.2. The summed E-state index contributed by atoms with van der Waals surface area (Å²) in [7, 11) is 0. The van der Waals surface area contributed by atoms with Crippen LogP contribution in [0.3, 0.4) is 0 Å². The van der Waals surface area contributed by atoms with Gasteiger partial charge in [-0.15, -0.1) is 0 Å². The third-order valence-corrected chi connectivity index (χ3v) is 2.49. The highest BCUT2D eigenvalue weighted by molar-refractivity contribution is 5.67. The van der Waals surface area contributed by atoms with Gasteiger partial charge in [0, 0.05) is 11.6 Å². The number of nitrogens with one attached hydrogen (secondary N) is 1. The van der Waals surface area contributed by atoms with E-state index in [9.17, 15) is 9.18 Å². The first kappa shape index (κ1) is 17.2. The van der Waals surface area contributed by atoms with Gasteiger partial charge in [0.25, 0.3) is 0 Å². The van der Waals surface area contributed by atoms with Crippen molar-refractivity contribution in [3.8, 4) is 5.75 Å². The Morgan fingerprint density at radius 1 is 1.33 bits per heavy atom. The Hall–Kier alpha value is -1.82. The van der Waals surface area contributed by atoms with Crippen LogP contribution in [-0.4, -0.2) is 17.9 Å². The molecule has 0 heterocycles. The molecule has 5 nitrogen and oxygen atoms in total. The van der Waals surface area contributed by atoms with Crippen LogP contribution in [0, 0.1) is 5.82 Å². The van der Waals surface area contributed by atoms with Gasteiger partial charge in [-0.25, -0.2) is 9.18 Å². The normalized spacial score (nSPS) is 14.2. The molecule has 0 aliphatic rings. The van der Waals surface area contributed by atoms with Crippen LogP contribution in [0.25, 0.3) is 0 Å². The number of rotatable bonds is 4. The Balaban J connectivity index is 2.71. The maximum atomic E-state index is 13.2. The summed E-state index contributed by atoms with van der Waals surface area (Å²) in [5.41, 5.74) is 5.73. The van der Waals surface area contributed by atoms with Gasteiger partial charge in [0.15, 0.2) is 6.23 Å². The third-order valence-electron chi connectivity index (χ3n) is 2.49. The Bertz CT molecular complexity index is 498. The van der Waals surface area contributed by atoms with Crippen LogP contribution < -0.4 is 15.8 Å². The predicted octanol–water partition coefficient (Wildman–Crippen LogP) is 3.09. The Morgan fingerprint density at radius 2 is 1.95 bits per heavy atom. The highest BCUT2D eigenvalue weighted by atomic mass is 19.1. The zero-order valence-electron chi connectivity index (χ0n) is 13.1. The molecule has 21 heavy (non-hydrogen) atoms. The van der Waals surface area contributed by atoms with Gasteiger partial charge < -0.3 is 15.2 Å². The molecule has 0 radical (unpaired) electrons. The van der Waals surface area contributed by atoms with Crippen LogP contribution in [0.2, 0.25) is 0 Å². The predicted molar refractivity (Wildman–Crippen MR) is 78.5 cm³/mol. The van der Waals surface area contributed by atoms with Crippen LogP contribution in [0.15, 0.2) is 18.2 Å². The van der Waals surface area contributed by atoms with Gasteiger partial charge in [0.05, 0.1) is 0 Å². The zero-order valence-corrected chi connectivity index (χ0v) is 13.1. The topological polar surface area (TPSA) is 73.6 Å². The largest absolute Gasteiger partial charge is 0.471 e. The number of benzene rings is 1. The number of nitrogens with two attached hydrogens (primary N) is 1. The molecule has 2 atom stereocenters. The molecule has 0 bridgehead atoms. The van der Waals surface area contributed by atoms with Crippen molar-refractivity contribution in [3.05, 3.63) is 29.6 Å². The average Bonchev–Trinajstić information content (AvgIpc) is 2.28. The lowest BCUT2D eigenvalue weighted by Crippen LogP contribution is -2.40. The van der Waals surface area contributed by atoms with E-state index in [0.29, 0.717) is 11.3 Å². The maximum Gasteiger partial charge on any atom is 0.410 e. The molecule has 0 aliphatic carbocycles. The fourth-order valence-corrected chi connectivity index (χ4v) is 1.68. The van der Waals surface area contributed by atoms with E-state index in [1.165, 1.54) is 18.2 Å². The summed E-state index contributed by atoms with van der Waals surface area (Å²) in [6.45, 7) is 8.69. The molecule has 1 aromatic rings. The standard InChI is InChI=1S/C15H23FN2O3/c1-9(17)12-8-11(16)6-7-13(12)20-10(2)18-14(19)21-15(3,4)5/h6-10H,17H2,1-5H3,(H,18,19)/t9-,10+/m1/s1. The average molecular weight is 298 g/mol. The molecule has 1 amide bonds. The molecule has 0 aromatic heterocycles. The molecule has 0 saturated heterocycles.